The van der Waals surface area contributed by atoms with E-state index in [9.17, 15) is 10.4 Å². The minimum atomic E-state index is -0.614. The van der Waals surface area contributed by atoms with Crippen LogP contribution in [0.15, 0.2) is 16.8 Å². The predicted molar refractivity (Wildman–Crippen MR) is 69.6 cm³/mol. The van der Waals surface area contributed by atoms with Gasteiger partial charge < -0.3 is 5.11 Å². The first-order chi connectivity index (χ1) is 8.28. The molecule has 1 aliphatic carbocycles. The third-order valence-electron chi connectivity index (χ3n) is 3.85. The summed E-state index contributed by atoms with van der Waals surface area (Å²) < 4.78 is 0. The number of aliphatic hydroxyl groups is 1. The van der Waals surface area contributed by atoms with Gasteiger partial charge in [-0.05, 0) is 35.2 Å². The maximum absolute atomic E-state index is 10.5. The molecule has 1 aliphatic rings. The highest BCUT2D eigenvalue weighted by Crippen LogP contribution is 2.44. The van der Waals surface area contributed by atoms with Crippen LogP contribution in [0.4, 0.5) is 0 Å². The SMILES string of the molecule is N#CC1(C(O)c2ccsc2)CCCCCCC1. The summed E-state index contributed by atoms with van der Waals surface area (Å²) in [6.07, 6.45) is 6.84. The molecule has 2 rings (SSSR count). The molecule has 0 spiro atoms. The van der Waals surface area contributed by atoms with E-state index in [1.54, 1.807) is 11.3 Å². The highest BCUT2D eigenvalue weighted by molar-refractivity contribution is 7.07. The maximum Gasteiger partial charge on any atom is 0.0984 e. The maximum atomic E-state index is 10.5. The minimum absolute atomic E-state index is 0.554. The Morgan fingerprint density at radius 1 is 1.24 bits per heavy atom. The summed E-state index contributed by atoms with van der Waals surface area (Å²) in [6.45, 7) is 0. The fraction of sp³-hybridized carbons (Fsp3) is 0.643. The first-order valence-electron chi connectivity index (χ1n) is 6.40. The van der Waals surface area contributed by atoms with Crippen molar-refractivity contribution in [1.29, 1.82) is 5.26 Å². The number of nitriles is 1. The summed E-state index contributed by atoms with van der Waals surface area (Å²) in [4.78, 5) is 0. The molecule has 1 aromatic heterocycles. The van der Waals surface area contributed by atoms with E-state index < -0.39 is 11.5 Å². The van der Waals surface area contributed by atoms with Crippen LogP contribution < -0.4 is 0 Å². The van der Waals surface area contributed by atoms with Crippen LogP contribution in [0.25, 0.3) is 0 Å². The Balaban J connectivity index is 2.19. The Morgan fingerprint density at radius 3 is 2.41 bits per heavy atom. The van der Waals surface area contributed by atoms with Gasteiger partial charge in [0, 0.05) is 0 Å². The highest BCUT2D eigenvalue weighted by Gasteiger charge is 2.38. The van der Waals surface area contributed by atoms with Crippen LogP contribution in [0.5, 0.6) is 0 Å². The zero-order valence-electron chi connectivity index (χ0n) is 10.1. The standard InChI is InChI=1S/C14H19NOS/c15-11-14(7-4-2-1-3-5-8-14)13(16)12-6-9-17-10-12/h6,9-10,13,16H,1-5,7-8H2. The monoisotopic (exact) mass is 249 g/mol. The molecule has 0 saturated heterocycles. The number of aliphatic hydroxyl groups excluding tert-OH is 1. The molecule has 1 saturated carbocycles. The van der Waals surface area contributed by atoms with Gasteiger partial charge in [-0.1, -0.05) is 32.1 Å². The summed E-state index contributed by atoms with van der Waals surface area (Å²) >= 11 is 1.58. The molecular weight excluding hydrogens is 230 g/mol. The number of nitrogens with zero attached hydrogens (tertiary/aromatic N) is 1. The van der Waals surface area contributed by atoms with Gasteiger partial charge in [0.25, 0.3) is 0 Å². The molecule has 0 aromatic carbocycles. The normalized spacial score (nSPS) is 22.1. The van der Waals surface area contributed by atoms with E-state index in [4.69, 9.17) is 0 Å². The second-order valence-corrected chi connectivity index (χ2v) is 5.77. The van der Waals surface area contributed by atoms with E-state index in [-0.39, 0.29) is 0 Å². The van der Waals surface area contributed by atoms with Crippen LogP contribution in [0, 0.1) is 16.7 Å². The lowest BCUT2D eigenvalue weighted by Crippen LogP contribution is -2.28. The molecular formula is C14H19NOS. The third-order valence-corrected chi connectivity index (χ3v) is 4.55. The van der Waals surface area contributed by atoms with E-state index in [2.05, 4.69) is 6.07 Å². The van der Waals surface area contributed by atoms with Crippen molar-refractivity contribution in [3.05, 3.63) is 22.4 Å². The fourth-order valence-corrected chi connectivity index (χ4v) is 3.41. The van der Waals surface area contributed by atoms with E-state index in [0.29, 0.717) is 0 Å². The Morgan fingerprint density at radius 2 is 1.88 bits per heavy atom. The molecule has 0 bridgehead atoms. The molecule has 1 atom stereocenters. The zero-order valence-corrected chi connectivity index (χ0v) is 10.9. The first-order valence-corrected chi connectivity index (χ1v) is 7.34. The van der Waals surface area contributed by atoms with Crippen molar-refractivity contribution in [3.63, 3.8) is 0 Å². The van der Waals surface area contributed by atoms with E-state index in [1.807, 2.05) is 16.8 Å². The second kappa shape index (κ2) is 5.66. The van der Waals surface area contributed by atoms with Gasteiger partial charge in [-0.15, -0.1) is 0 Å². The molecule has 1 aromatic rings. The Hall–Kier alpha value is -0.850. The van der Waals surface area contributed by atoms with Crippen molar-refractivity contribution >= 4 is 11.3 Å². The zero-order chi connectivity index (χ0) is 12.1. The van der Waals surface area contributed by atoms with Gasteiger partial charge in [-0.2, -0.15) is 16.6 Å². The molecule has 2 nitrogen and oxygen atoms in total. The molecule has 1 heterocycles. The molecule has 1 fully saturated rings. The van der Waals surface area contributed by atoms with Crippen molar-refractivity contribution in [1.82, 2.24) is 0 Å². The minimum Gasteiger partial charge on any atom is -0.387 e. The van der Waals surface area contributed by atoms with Crippen LogP contribution >= 0.6 is 11.3 Å². The van der Waals surface area contributed by atoms with Crippen LogP contribution in [0.1, 0.15) is 56.6 Å². The van der Waals surface area contributed by atoms with E-state index >= 15 is 0 Å². The van der Waals surface area contributed by atoms with Gasteiger partial charge >= 0.3 is 0 Å². The molecule has 1 N–H and O–H groups in total. The quantitative estimate of drug-likeness (QED) is 0.859. The average molecular weight is 249 g/mol. The molecule has 17 heavy (non-hydrogen) atoms. The van der Waals surface area contributed by atoms with Gasteiger partial charge in [-0.3, -0.25) is 0 Å². The number of thiophene rings is 1. The summed E-state index contributed by atoms with van der Waals surface area (Å²) in [7, 11) is 0. The van der Waals surface area contributed by atoms with Gasteiger partial charge in [0.1, 0.15) is 0 Å². The van der Waals surface area contributed by atoms with Crippen LogP contribution in [0.2, 0.25) is 0 Å². The van der Waals surface area contributed by atoms with Gasteiger partial charge in [0.05, 0.1) is 17.6 Å². The number of hydrogen-bond donors (Lipinski definition) is 1. The van der Waals surface area contributed by atoms with Crippen molar-refractivity contribution in [2.75, 3.05) is 0 Å². The smallest absolute Gasteiger partial charge is 0.0984 e. The van der Waals surface area contributed by atoms with E-state index in [1.165, 1.54) is 19.3 Å². The highest BCUT2D eigenvalue weighted by atomic mass is 32.1. The Labute approximate surface area is 107 Å². The Bertz CT molecular complexity index is 371. The number of rotatable bonds is 2. The van der Waals surface area contributed by atoms with Crippen molar-refractivity contribution < 1.29 is 5.11 Å². The first kappa shape index (κ1) is 12.6. The molecule has 0 aliphatic heterocycles. The van der Waals surface area contributed by atoms with Gasteiger partial charge in [0.15, 0.2) is 0 Å². The lowest BCUT2D eigenvalue weighted by molar-refractivity contribution is 0.0438. The summed E-state index contributed by atoms with van der Waals surface area (Å²) in [5.41, 5.74) is 0.360. The predicted octanol–water partition coefficient (Wildman–Crippen LogP) is 4.04. The molecule has 1 unspecified atom stereocenters. The summed E-state index contributed by atoms with van der Waals surface area (Å²) in [5.74, 6) is 0. The van der Waals surface area contributed by atoms with Crippen LogP contribution in [-0.4, -0.2) is 5.11 Å². The van der Waals surface area contributed by atoms with Crippen LogP contribution in [0.3, 0.4) is 0 Å². The largest absolute Gasteiger partial charge is 0.387 e. The van der Waals surface area contributed by atoms with Crippen molar-refractivity contribution in [2.45, 2.75) is 51.0 Å². The molecule has 92 valence electrons. The Kier molecular flexibility index (Phi) is 4.20. The van der Waals surface area contributed by atoms with E-state index in [0.717, 1.165) is 31.2 Å². The van der Waals surface area contributed by atoms with Gasteiger partial charge in [-0.25, -0.2) is 0 Å². The third kappa shape index (κ3) is 2.70. The number of hydrogen-bond acceptors (Lipinski definition) is 3. The van der Waals surface area contributed by atoms with Gasteiger partial charge in [0.2, 0.25) is 0 Å². The topological polar surface area (TPSA) is 44.0 Å². The lowest BCUT2D eigenvalue weighted by Gasteiger charge is -2.33. The van der Waals surface area contributed by atoms with Crippen molar-refractivity contribution in [3.8, 4) is 6.07 Å². The molecule has 0 radical (unpaired) electrons. The second-order valence-electron chi connectivity index (χ2n) is 4.99. The molecule has 0 amide bonds. The summed E-state index contributed by atoms with van der Waals surface area (Å²) in [6, 6.07) is 4.37. The molecule has 3 heteroatoms. The summed E-state index contributed by atoms with van der Waals surface area (Å²) in [5, 5.41) is 23.9. The fourth-order valence-electron chi connectivity index (χ4n) is 2.73. The van der Waals surface area contributed by atoms with Crippen LogP contribution in [-0.2, 0) is 0 Å². The lowest BCUT2D eigenvalue weighted by atomic mass is 9.72. The van der Waals surface area contributed by atoms with Crippen molar-refractivity contribution in [2.24, 2.45) is 5.41 Å². The average Bonchev–Trinajstić information content (AvgIpc) is 2.82.